The summed E-state index contributed by atoms with van der Waals surface area (Å²) in [6, 6.07) is 0. The molecule has 2 aliphatic rings. The van der Waals surface area contributed by atoms with Gasteiger partial charge in [0.2, 0.25) is 0 Å². The highest BCUT2D eigenvalue weighted by molar-refractivity contribution is 5.72. The molecule has 146 valence electrons. The minimum absolute atomic E-state index is 0.0175. The van der Waals surface area contributed by atoms with Gasteiger partial charge in [-0.2, -0.15) is 0 Å². The first-order chi connectivity index (χ1) is 12.7. The number of aldehydes is 1. The molecule has 2 heteroatoms. The number of hydrogen-bond donors (Lipinski definition) is 0. The second-order valence-corrected chi connectivity index (χ2v) is 8.73. The fourth-order valence-corrected chi connectivity index (χ4v) is 4.08. The maximum atomic E-state index is 10.5. The number of hydrogen-bond acceptors (Lipinski definition) is 2. The van der Waals surface area contributed by atoms with E-state index in [-0.39, 0.29) is 16.6 Å². The Kier molecular flexibility index (Phi) is 6.64. The molecule has 0 aromatic carbocycles. The van der Waals surface area contributed by atoms with Crippen molar-refractivity contribution in [1.82, 2.24) is 0 Å². The molecule has 2 rings (SSSR count). The van der Waals surface area contributed by atoms with Crippen LogP contribution in [-0.4, -0.2) is 17.5 Å². The Hall–Kier alpha value is -1.93. The summed E-state index contributed by atoms with van der Waals surface area (Å²) < 4.78 is 6.27. The lowest BCUT2D eigenvalue weighted by atomic mass is 9.64. The second kappa shape index (κ2) is 8.39. The maximum absolute atomic E-state index is 10.5. The maximum Gasteiger partial charge on any atom is 0.145 e. The van der Waals surface area contributed by atoms with Crippen molar-refractivity contribution in [2.24, 2.45) is 5.41 Å². The SMILES string of the molecule is C\C(C=O)=C/C=C/C=C(C)/C=C/C=C(C)/C=C/C12OC1(C)CCCC2(C)C. The minimum Gasteiger partial charge on any atom is -0.358 e. The molecule has 0 bridgehead atoms. The average Bonchev–Trinajstić information content (AvgIpc) is 3.24. The first kappa shape index (κ1) is 21.4. The summed E-state index contributed by atoms with van der Waals surface area (Å²) >= 11 is 0. The molecule has 0 N–H and O–H groups in total. The molecule has 1 saturated heterocycles. The molecule has 0 spiro atoms. The van der Waals surface area contributed by atoms with Crippen LogP contribution in [-0.2, 0) is 9.53 Å². The lowest BCUT2D eigenvalue weighted by Crippen LogP contribution is -2.41. The summed E-state index contributed by atoms with van der Waals surface area (Å²) in [7, 11) is 0. The fourth-order valence-electron chi connectivity index (χ4n) is 4.08. The van der Waals surface area contributed by atoms with Crippen molar-refractivity contribution in [3.8, 4) is 0 Å². The van der Waals surface area contributed by atoms with Gasteiger partial charge in [0.15, 0.2) is 0 Å². The zero-order valence-electron chi connectivity index (χ0n) is 17.7. The molecule has 1 aliphatic carbocycles. The number of fused-ring (bicyclic) bond motifs is 1. The number of rotatable bonds is 7. The summed E-state index contributed by atoms with van der Waals surface area (Å²) in [5, 5.41) is 0. The largest absolute Gasteiger partial charge is 0.358 e. The lowest BCUT2D eigenvalue weighted by Gasteiger charge is -2.36. The van der Waals surface area contributed by atoms with Crippen LogP contribution in [0.25, 0.3) is 0 Å². The molecule has 2 atom stereocenters. The van der Waals surface area contributed by atoms with E-state index in [2.05, 4.69) is 65.0 Å². The zero-order valence-corrected chi connectivity index (χ0v) is 17.7. The summed E-state index contributed by atoms with van der Waals surface area (Å²) in [5.74, 6) is 0. The highest BCUT2D eigenvalue weighted by Crippen LogP contribution is 2.66. The lowest BCUT2D eigenvalue weighted by molar-refractivity contribution is -0.104. The van der Waals surface area contributed by atoms with Crippen molar-refractivity contribution in [3.05, 3.63) is 71.4 Å². The van der Waals surface area contributed by atoms with Gasteiger partial charge in [-0.15, -0.1) is 0 Å². The zero-order chi connectivity index (χ0) is 20.1. The Morgan fingerprint density at radius 1 is 0.815 bits per heavy atom. The van der Waals surface area contributed by atoms with Crippen LogP contribution >= 0.6 is 0 Å². The van der Waals surface area contributed by atoms with Gasteiger partial charge in [-0.1, -0.05) is 73.6 Å². The van der Waals surface area contributed by atoms with Crippen LogP contribution in [0.3, 0.4) is 0 Å². The van der Waals surface area contributed by atoms with E-state index in [1.54, 1.807) is 13.0 Å². The monoisotopic (exact) mass is 366 g/mol. The highest BCUT2D eigenvalue weighted by atomic mass is 16.6. The third kappa shape index (κ3) is 4.87. The topological polar surface area (TPSA) is 29.6 Å². The van der Waals surface area contributed by atoms with Crippen molar-refractivity contribution >= 4 is 6.29 Å². The van der Waals surface area contributed by atoms with Gasteiger partial charge in [0, 0.05) is 5.41 Å². The number of epoxide rings is 1. The van der Waals surface area contributed by atoms with Crippen molar-refractivity contribution in [1.29, 1.82) is 0 Å². The van der Waals surface area contributed by atoms with Crippen molar-refractivity contribution in [2.45, 2.75) is 72.0 Å². The van der Waals surface area contributed by atoms with E-state index in [4.69, 9.17) is 4.74 Å². The van der Waals surface area contributed by atoms with Crippen LogP contribution in [0.15, 0.2) is 71.4 Å². The number of carbonyl (C=O) groups excluding carboxylic acids is 1. The van der Waals surface area contributed by atoms with E-state index in [0.717, 1.165) is 23.9 Å². The summed E-state index contributed by atoms with van der Waals surface area (Å²) in [6.07, 6.45) is 22.9. The van der Waals surface area contributed by atoms with Gasteiger partial charge in [0.05, 0.1) is 5.60 Å². The van der Waals surface area contributed by atoms with Crippen LogP contribution in [0.1, 0.15) is 60.8 Å². The standard InChI is InChI=1S/C25H34O2/c1-20(11-7-8-12-22(3)19-26)13-9-14-21(2)15-18-25-23(4,5)16-10-17-24(25,6)27-25/h7-9,11-15,18-19H,10,16-17H2,1-6H3/b8-7+,13-9+,18-15+,20-11+,21-14+,22-12+. The van der Waals surface area contributed by atoms with Gasteiger partial charge in [-0.3, -0.25) is 4.79 Å². The molecule has 1 heterocycles. The molecule has 2 nitrogen and oxygen atoms in total. The average molecular weight is 367 g/mol. The number of allylic oxidation sites excluding steroid dienone is 11. The van der Waals surface area contributed by atoms with E-state index >= 15 is 0 Å². The molecule has 0 amide bonds. The van der Waals surface area contributed by atoms with E-state index in [1.165, 1.54) is 18.4 Å². The predicted molar refractivity (Wildman–Crippen MR) is 115 cm³/mol. The Morgan fingerprint density at radius 2 is 1.41 bits per heavy atom. The fraction of sp³-hybridized carbons (Fsp3) is 0.480. The number of carbonyl (C=O) groups is 1. The van der Waals surface area contributed by atoms with E-state index in [0.29, 0.717) is 0 Å². The first-order valence-corrected chi connectivity index (χ1v) is 9.87. The van der Waals surface area contributed by atoms with Gasteiger partial charge >= 0.3 is 0 Å². The molecular formula is C25H34O2. The van der Waals surface area contributed by atoms with Gasteiger partial charge in [0.1, 0.15) is 11.9 Å². The van der Waals surface area contributed by atoms with Gasteiger partial charge < -0.3 is 4.74 Å². The number of ether oxygens (including phenoxy) is 1. The third-order valence-electron chi connectivity index (χ3n) is 5.91. The van der Waals surface area contributed by atoms with E-state index in [9.17, 15) is 4.79 Å². The van der Waals surface area contributed by atoms with Crippen LogP contribution in [0.5, 0.6) is 0 Å². The first-order valence-electron chi connectivity index (χ1n) is 9.87. The Bertz CT molecular complexity index is 742. The Morgan fingerprint density at radius 3 is 2.04 bits per heavy atom. The third-order valence-corrected chi connectivity index (χ3v) is 5.91. The normalized spacial score (nSPS) is 31.7. The van der Waals surface area contributed by atoms with Crippen LogP contribution < -0.4 is 0 Å². The molecule has 0 aromatic heterocycles. The molecule has 27 heavy (non-hydrogen) atoms. The van der Waals surface area contributed by atoms with Gasteiger partial charge in [-0.25, -0.2) is 0 Å². The van der Waals surface area contributed by atoms with Crippen molar-refractivity contribution in [2.75, 3.05) is 0 Å². The molecule has 1 saturated carbocycles. The van der Waals surface area contributed by atoms with Crippen LogP contribution in [0, 0.1) is 5.41 Å². The van der Waals surface area contributed by atoms with E-state index < -0.39 is 0 Å². The molecule has 2 fully saturated rings. The van der Waals surface area contributed by atoms with Crippen LogP contribution in [0.4, 0.5) is 0 Å². The van der Waals surface area contributed by atoms with Crippen molar-refractivity contribution < 1.29 is 9.53 Å². The molecule has 1 aliphatic heterocycles. The van der Waals surface area contributed by atoms with Gasteiger partial charge in [0.25, 0.3) is 0 Å². The predicted octanol–water partition coefficient (Wildman–Crippen LogP) is 6.43. The Labute approximate surface area is 165 Å². The highest BCUT2D eigenvalue weighted by Gasteiger charge is 2.73. The van der Waals surface area contributed by atoms with Crippen molar-refractivity contribution in [3.63, 3.8) is 0 Å². The Balaban J connectivity index is 1.97. The second-order valence-electron chi connectivity index (χ2n) is 8.73. The smallest absolute Gasteiger partial charge is 0.145 e. The van der Waals surface area contributed by atoms with E-state index in [1.807, 2.05) is 18.2 Å². The molecule has 2 unspecified atom stereocenters. The molecule has 0 aromatic rings. The summed E-state index contributed by atoms with van der Waals surface area (Å²) in [4.78, 5) is 10.5. The molecule has 0 radical (unpaired) electrons. The summed E-state index contributed by atoms with van der Waals surface area (Å²) in [5.41, 5.74) is 3.19. The quantitative estimate of drug-likeness (QED) is 0.225. The minimum atomic E-state index is -0.106. The molecular weight excluding hydrogens is 332 g/mol. The summed E-state index contributed by atoms with van der Waals surface area (Å²) in [6.45, 7) is 12.9. The van der Waals surface area contributed by atoms with Gasteiger partial charge in [-0.05, 0) is 58.6 Å². The van der Waals surface area contributed by atoms with Crippen LogP contribution in [0.2, 0.25) is 0 Å².